The zero-order chi connectivity index (χ0) is 30.4. The summed E-state index contributed by atoms with van der Waals surface area (Å²) in [7, 11) is 1.32. The van der Waals surface area contributed by atoms with Crippen LogP contribution in [0.1, 0.15) is 67.3 Å². The number of amides is 2. The maximum atomic E-state index is 14.5. The van der Waals surface area contributed by atoms with Crippen LogP contribution in [0, 0.1) is 6.92 Å². The second kappa shape index (κ2) is 11.4. The lowest BCUT2D eigenvalue weighted by atomic mass is 9.59. The minimum Gasteiger partial charge on any atom is -0.475 e. The van der Waals surface area contributed by atoms with E-state index in [1.165, 1.54) is 7.11 Å². The number of carbonyl (C=O) groups excluding carboxylic acids is 3. The van der Waals surface area contributed by atoms with Gasteiger partial charge in [-0.05, 0) is 78.9 Å². The molecular weight excluding hydrogens is 599 g/mol. The Hall–Kier alpha value is -3.26. The maximum absolute atomic E-state index is 14.5. The molecule has 42 heavy (non-hydrogen) atoms. The summed E-state index contributed by atoms with van der Waals surface area (Å²) in [6.45, 7) is 5.59. The number of ether oxygens (including phenoxy) is 2. The van der Waals surface area contributed by atoms with Crippen LogP contribution >= 0.6 is 34.8 Å². The number of esters is 1. The molecule has 3 aromatic rings. The molecule has 1 spiro atoms. The summed E-state index contributed by atoms with van der Waals surface area (Å²) in [6, 6.07) is 14.9. The van der Waals surface area contributed by atoms with Crippen molar-refractivity contribution < 1.29 is 23.9 Å². The molecule has 0 unspecified atom stereocenters. The molecule has 0 aliphatic carbocycles. The summed E-state index contributed by atoms with van der Waals surface area (Å²) in [6.07, 6.45) is 0.618. The number of rotatable bonds is 7. The van der Waals surface area contributed by atoms with E-state index in [0.717, 1.165) is 5.56 Å². The standard InChI is InChI=1S/C32H31Cl3N2O5/c1-5-31(6-2,30(40)41-4)42-26-12-10-19(34)14-22(26)24-16-27(38)37-28(21-13-18(33)8-7-17(21)3)32(24)23-11-9-20(35)15-25(23)36-29(32)39/h7-15,24,28H,5-6,16H2,1-4H3,(H,36,39)(H,37,38)/t24-,28+,32-/m1/s1. The molecule has 3 atom stereocenters. The number of aryl methyl sites for hydroxylation is 1. The van der Waals surface area contributed by atoms with Crippen molar-refractivity contribution in [3.63, 3.8) is 0 Å². The van der Waals surface area contributed by atoms with Crippen molar-refractivity contribution in [2.24, 2.45) is 0 Å². The summed E-state index contributed by atoms with van der Waals surface area (Å²) in [5.41, 5.74) is 0.663. The van der Waals surface area contributed by atoms with Gasteiger partial charge in [0.2, 0.25) is 17.4 Å². The molecule has 5 rings (SSSR count). The highest BCUT2D eigenvalue weighted by molar-refractivity contribution is 6.31. The minimum atomic E-state index is -1.35. The van der Waals surface area contributed by atoms with Gasteiger partial charge in [-0.25, -0.2) is 4.79 Å². The van der Waals surface area contributed by atoms with Crippen LogP contribution in [0.4, 0.5) is 5.69 Å². The first-order valence-electron chi connectivity index (χ1n) is 13.7. The van der Waals surface area contributed by atoms with Crippen LogP contribution in [0.25, 0.3) is 0 Å². The number of carbonyl (C=O) groups is 3. The Bertz CT molecular complexity index is 1590. The zero-order valence-electron chi connectivity index (χ0n) is 23.6. The Morgan fingerprint density at radius 3 is 2.24 bits per heavy atom. The van der Waals surface area contributed by atoms with E-state index in [1.54, 1.807) is 42.5 Å². The van der Waals surface area contributed by atoms with Crippen LogP contribution in [0.3, 0.4) is 0 Å². The molecule has 2 aliphatic heterocycles. The number of anilines is 1. The fraction of sp³-hybridized carbons (Fsp3) is 0.344. The topological polar surface area (TPSA) is 93.7 Å². The van der Waals surface area contributed by atoms with E-state index in [1.807, 2.05) is 32.9 Å². The molecule has 1 saturated heterocycles. The first-order chi connectivity index (χ1) is 20.0. The summed E-state index contributed by atoms with van der Waals surface area (Å²) in [5, 5.41) is 7.45. The molecule has 0 saturated carbocycles. The van der Waals surface area contributed by atoms with Crippen molar-refractivity contribution in [3.8, 4) is 5.75 Å². The Kier molecular flexibility index (Phi) is 8.23. The lowest BCUT2D eigenvalue weighted by molar-refractivity contribution is -0.160. The maximum Gasteiger partial charge on any atom is 0.350 e. The first-order valence-corrected chi connectivity index (χ1v) is 14.9. The van der Waals surface area contributed by atoms with E-state index in [-0.39, 0.29) is 18.2 Å². The molecule has 3 aromatic carbocycles. The number of halogens is 3. The van der Waals surface area contributed by atoms with Crippen LogP contribution in [0.15, 0.2) is 54.6 Å². The summed E-state index contributed by atoms with van der Waals surface area (Å²) >= 11 is 19.4. The molecule has 220 valence electrons. The number of hydrogen-bond donors (Lipinski definition) is 2. The van der Waals surface area contributed by atoms with Gasteiger partial charge in [0.15, 0.2) is 0 Å². The Balaban J connectivity index is 1.81. The van der Waals surface area contributed by atoms with E-state index in [9.17, 15) is 14.4 Å². The van der Waals surface area contributed by atoms with Gasteiger partial charge in [0.05, 0.1) is 13.2 Å². The van der Waals surface area contributed by atoms with Crippen molar-refractivity contribution in [2.75, 3.05) is 12.4 Å². The fourth-order valence-corrected chi connectivity index (χ4v) is 6.98. The molecule has 7 nitrogen and oxygen atoms in total. The number of nitrogens with one attached hydrogen (secondary N) is 2. The van der Waals surface area contributed by atoms with Crippen LogP contribution in [0.5, 0.6) is 5.75 Å². The Labute approximate surface area is 259 Å². The quantitative estimate of drug-likeness (QED) is 0.268. The largest absolute Gasteiger partial charge is 0.475 e. The zero-order valence-corrected chi connectivity index (χ0v) is 25.9. The molecule has 2 amide bonds. The average molecular weight is 630 g/mol. The van der Waals surface area contributed by atoms with Gasteiger partial charge in [-0.3, -0.25) is 9.59 Å². The third-order valence-electron chi connectivity index (χ3n) is 8.66. The SMILES string of the molecule is CCC(CC)(Oc1ccc(Cl)cc1[C@H]1CC(=O)N[C@@H](c2cc(Cl)ccc2C)[C@]12C(=O)Nc1cc(Cl)ccc12)C(=O)OC. The molecule has 1 fully saturated rings. The van der Waals surface area contributed by atoms with Gasteiger partial charge >= 0.3 is 5.97 Å². The third kappa shape index (κ3) is 4.81. The smallest absolute Gasteiger partial charge is 0.350 e. The highest BCUT2D eigenvalue weighted by Crippen LogP contribution is 2.59. The molecule has 2 aliphatic rings. The van der Waals surface area contributed by atoms with Gasteiger partial charge < -0.3 is 20.1 Å². The molecular formula is C32H31Cl3N2O5. The van der Waals surface area contributed by atoms with Crippen LogP contribution in [-0.4, -0.2) is 30.5 Å². The number of piperidine rings is 1. The van der Waals surface area contributed by atoms with E-state index < -0.39 is 28.9 Å². The Morgan fingerprint density at radius 1 is 0.952 bits per heavy atom. The molecule has 2 heterocycles. The van der Waals surface area contributed by atoms with Gasteiger partial charge in [0, 0.05) is 38.7 Å². The molecule has 0 bridgehead atoms. The highest BCUT2D eigenvalue weighted by Gasteiger charge is 2.62. The van der Waals surface area contributed by atoms with Crippen molar-refractivity contribution >= 4 is 58.3 Å². The predicted molar refractivity (Wildman–Crippen MR) is 164 cm³/mol. The molecule has 2 N–H and O–H groups in total. The van der Waals surface area contributed by atoms with Gasteiger partial charge in [-0.15, -0.1) is 0 Å². The third-order valence-corrected chi connectivity index (χ3v) is 9.36. The average Bonchev–Trinajstić information content (AvgIpc) is 3.25. The number of hydrogen-bond acceptors (Lipinski definition) is 5. The normalized spacial score (nSPS) is 21.5. The van der Waals surface area contributed by atoms with E-state index in [2.05, 4.69) is 10.6 Å². The van der Waals surface area contributed by atoms with E-state index >= 15 is 0 Å². The van der Waals surface area contributed by atoms with Crippen LogP contribution in [-0.2, 0) is 24.5 Å². The molecule has 10 heteroatoms. The van der Waals surface area contributed by atoms with Crippen molar-refractivity contribution in [3.05, 3.63) is 91.9 Å². The predicted octanol–water partition coefficient (Wildman–Crippen LogP) is 7.30. The lowest BCUT2D eigenvalue weighted by Crippen LogP contribution is -2.57. The second-order valence-electron chi connectivity index (χ2n) is 10.7. The summed E-state index contributed by atoms with van der Waals surface area (Å²) in [5.74, 6) is -1.51. The van der Waals surface area contributed by atoms with Crippen molar-refractivity contribution in [2.45, 2.75) is 63.0 Å². The monoisotopic (exact) mass is 628 g/mol. The van der Waals surface area contributed by atoms with E-state index in [0.29, 0.717) is 56.0 Å². The van der Waals surface area contributed by atoms with Crippen LogP contribution < -0.4 is 15.4 Å². The van der Waals surface area contributed by atoms with Gasteiger partial charge in [-0.1, -0.05) is 60.8 Å². The first kappa shape index (κ1) is 30.2. The van der Waals surface area contributed by atoms with Crippen molar-refractivity contribution in [1.82, 2.24) is 5.32 Å². The van der Waals surface area contributed by atoms with Crippen molar-refractivity contribution in [1.29, 1.82) is 0 Å². The van der Waals surface area contributed by atoms with E-state index in [4.69, 9.17) is 44.3 Å². The Morgan fingerprint density at radius 2 is 1.57 bits per heavy atom. The van der Waals surface area contributed by atoms with Gasteiger partial charge in [0.25, 0.3) is 0 Å². The molecule has 0 aromatic heterocycles. The minimum absolute atomic E-state index is 0.0498. The number of benzene rings is 3. The fourth-order valence-electron chi connectivity index (χ4n) is 6.45. The summed E-state index contributed by atoms with van der Waals surface area (Å²) < 4.78 is 11.6. The molecule has 0 radical (unpaired) electrons. The summed E-state index contributed by atoms with van der Waals surface area (Å²) in [4.78, 5) is 41.0. The lowest BCUT2D eigenvalue weighted by Gasteiger charge is -2.47. The van der Waals surface area contributed by atoms with Crippen LogP contribution in [0.2, 0.25) is 15.1 Å². The van der Waals surface area contributed by atoms with Gasteiger partial charge in [0.1, 0.15) is 11.2 Å². The number of fused-ring (bicyclic) bond motifs is 2. The number of methoxy groups -OCH3 is 1. The second-order valence-corrected chi connectivity index (χ2v) is 12.1. The highest BCUT2D eigenvalue weighted by atomic mass is 35.5. The van der Waals surface area contributed by atoms with Gasteiger partial charge in [-0.2, -0.15) is 0 Å².